The van der Waals surface area contributed by atoms with Crippen molar-refractivity contribution >= 4 is 17.6 Å². The largest absolute Gasteiger partial charge is 0.447 e. The molecule has 0 unspecified atom stereocenters. The second-order valence-electron chi connectivity index (χ2n) is 5.32. The standard InChI is InChI=1S/C18H14N4O3/c1-12-13(7-8-15-21(3)10-11-25-15)17(23)22(18(24)16(12)19-2)14-6-4-5-9-20-14/h4-11H,1,3H3. The number of anilines is 1. The number of pyridine rings is 1. The Bertz CT molecular complexity index is 904. The van der Waals surface area contributed by atoms with E-state index in [2.05, 4.69) is 9.83 Å². The molecule has 0 aliphatic carbocycles. The van der Waals surface area contributed by atoms with Gasteiger partial charge in [0.1, 0.15) is 12.1 Å². The second kappa shape index (κ2) is 6.45. The molecule has 0 saturated heterocycles. The number of aromatic nitrogens is 1. The van der Waals surface area contributed by atoms with Crippen LogP contribution >= 0.6 is 0 Å². The highest BCUT2D eigenvalue weighted by atomic mass is 16.5. The zero-order chi connectivity index (χ0) is 18.0. The molecule has 7 nitrogen and oxygen atoms in total. The van der Waals surface area contributed by atoms with Gasteiger partial charge in [0.25, 0.3) is 17.5 Å². The minimum atomic E-state index is -0.670. The maximum absolute atomic E-state index is 12.9. The van der Waals surface area contributed by atoms with Crippen molar-refractivity contribution in [1.82, 2.24) is 9.88 Å². The second-order valence-corrected chi connectivity index (χ2v) is 5.32. The summed E-state index contributed by atoms with van der Waals surface area (Å²) in [5.41, 5.74) is 0.476. The number of ether oxygens (including phenoxy) is 1. The summed E-state index contributed by atoms with van der Waals surface area (Å²) in [6.07, 6.45) is 7.89. The van der Waals surface area contributed by atoms with E-state index >= 15 is 0 Å². The number of amides is 2. The number of allylic oxidation sites excluding steroid dienone is 2. The van der Waals surface area contributed by atoms with Crippen LogP contribution in [0.3, 0.4) is 0 Å². The van der Waals surface area contributed by atoms with Gasteiger partial charge in [-0.2, -0.15) is 0 Å². The molecule has 0 saturated carbocycles. The van der Waals surface area contributed by atoms with Gasteiger partial charge in [-0.1, -0.05) is 6.07 Å². The molecule has 1 aromatic heterocycles. The molecule has 0 spiro atoms. The van der Waals surface area contributed by atoms with Gasteiger partial charge in [0.05, 0.1) is 6.57 Å². The van der Waals surface area contributed by atoms with Crippen LogP contribution in [0.4, 0.5) is 5.82 Å². The molecule has 2 aliphatic rings. The number of imide groups is 1. The lowest BCUT2D eigenvalue weighted by molar-refractivity contribution is -0.123. The first-order valence-electron chi connectivity index (χ1n) is 7.41. The fourth-order valence-corrected chi connectivity index (χ4v) is 2.45. The minimum absolute atomic E-state index is 0.103. The summed E-state index contributed by atoms with van der Waals surface area (Å²) in [5, 5.41) is 0. The maximum Gasteiger partial charge on any atom is 0.265 e. The zero-order valence-electron chi connectivity index (χ0n) is 13.6. The van der Waals surface area contributed by atoms with E-state index in [1.807, 2.05) is 0 Å². The molecule has 0 atom stereocenters. The van der Waals surface area contributed by atoms with Crippen LogP contribution in [-0.4, -0.2) is 28.7 Å². The molecule has 25 heavy (non-hydrogen) atoms. The lowest BCUT2D eigenvalue weighted by atomic mass is 9.98. The highest BCUT2D eigenvalue weighted by Crippen LogP contribution is 2.29. The van der Waals surface area contributed by atoms with Crippen molar-refractivity contribution in [3.8, 4) is 0 Å². The van der Waals surface area contributed by atoms with Crippen molar-refractivity contribution < 1.29 is 14.3 Å². The van der Waals surface area contributed by atoms with Crippen LogP contribution in [0.5, 0.6) is 0 Å². The number of rotatable bonds is 2. The van der Waals surface area contributed by atoms with E-state index in [0.29, 0.717) is 11.5 Å². The zero-order valence-corrected chi connectivity index (χ0v) is 13.6. The first-order chi connectivity index (χ1) is 12.0. The summed E-state index contributed by atoms with van der Waals surface area (Å²) in [6, 6.07) is 4.90. The van der Waals surface area contributed by atoms with Gasteiger partial charge in [-0.15, -0.1) is 0 Å². The lowest BCUT2D eigenvalue weighted by Gasteiger charge is -2.26. The van der Waals surface area contributed by atoms with Crippen molar-refractivity contribution in [3.05, 3.63) is 83.2 Å². The summed E-state index contributed by atoms with van der Waals surface area (Å²) < 4.78 is 5.29. The van der Waals surface area contributed by atoms with Crippen LogP contribution in [0.25, 0.3) is 4.85 Å². The van der Waals surface area contributed by atoms with E-state index in [1.54, 1.807) is 55.4 Å². The van der Waals surface area contributed by atoms with Gasteiger partial charge in [0.2, 0.25) is 0 Å². The van der Waals surface area contributed by atoms with Crippen molar-refractivity contribution in [3.63, 3.8) is 0 Å². The van der Waals surface area contributed by atoms with E-state index in [9.17, 15) is 9.59 Å². The molecule has 0 bridgehead atoms. The Kier molecular flexibility index (Phi) is 4.18. The third-order valence-electron chi connectivity index (χ3n) is 3.80. The highest BCUT2D eigenvalue weighted by molar-refractivity contribution is 6.30. The average molecular weight is 334 g/mol. The van der Waals surface area contributed by atoms with Crippen molar-refractivity contribution in [2.45, 2.75) is 6.92 Å². The molecule has 0 radical (unpaired) electrons. The van der Waals surface area contributed by atoms with Crippen LogP contribution in [0.2, 0.25) is 0 Å². The SMILES string of the molecule is [C-]#[N+]C1=C(C)C(=CC=C2OC=CN2C)C(=O)N(c2ccccn2)C1=O. The molecule has 0 N–H and O–H groups in total. The maximum atomic E-state index is 12.9. The Morgan fingerprint density at radius 3 is 2.64 bits per heavy atom. The fraction of sp³-hybridized carbons (Fsp3) is 0.111. The van der Waals surface area contributed by atoms with Gasteiger partial charge in [0, 0.05) is 25.0 Å². The monoisotopic (exact) mass is 334 g/mol. The third-order valence-corrected chi connectivity index (χ3v) is 3.80. The Labute approximate surface area is 144 Å². The average Bonchev–Trinajstić information content (AvgIpc) is 3.01. The molecule has 3 rings (SSSR count). The predicted octanol–water partition coefficient (Wildman–Crippen LogP) is 2.35. The summed E-state index contributed by atoms with van der Waals surface area (Å²) in [4.78, 5) is 35.4. The van der Waals surface area contributed by atoms with Gasteiger partial charge in [-0.3, -0.25) is 9.59 Å². The summed E-state index contributed by atoms with van der Waals surface area (Å²) in [6.45, 7) is 8.88. The van der Waals surface area contributed by atoms with Crippen LogP contribution < -0.4 is 4.90 Å². The predicted molar refractivity (Wildman–Crippen MR) is 90.2 cm³/mol. The third kappa shape index (κ3) is 2.81. The molecular weight excluding hydrogens is 320 g/mol. The first kappa shape index (κ1) is 16.2. The molecular formula is C18H14N4O3. The summed E-state index contributed by atoms with van der Waals surface area (Å²) >= 11 is 0. The highest BCUT2D eigenvalue weighted by Gasteiger charge is 2.37. The fourth-order valence-electron chi connectivity index (χ4n) is 2.45. The van der Waals surface area contributed by atoms with E-state index in [-0.39, 0.29) is 17.1 Å². The topological polar surface area (TPSA) is 67.1 Å². The van der Waals surface area contributed by atoms with Crippen LogP contribution in [0.15, 0.2) is 71.7 Å². The van der Waals surface area contributed by atoms with Gasteiger partial charge < -0.3 is 9.64 Å². The quantitative estimate of drug-likeness (QED) is 0.472. The smallest absolute Gasteiger partial charge is 0.265 e. The van der Waals surface area contributed by atoms with E-state index in [1.165, 1.54) is 12.5 Å². The Morgan fingerprint density at radius 1 is 1.24 bits per heavy atom. The molecule has 3 heterocycles. The van der Waals surface area contributed by atoms with E-state index in [4.69, 9.17) is 11.3 Å². The van der Waals surface area contributed by atoms with Crippen LogP contribution in [0.1, 0.15) is 6.92 Å². The Morgan fingerprint density at radius 2 is 2.04 bits per heavy atom. The molecule has 124 valence electrons. The van der Waals surface area contributed by atoms with E-state index in [0.717, 1.165) is 4.90 Å². The number of hydrogen-bond donors (Lipinski definition) is 0. The van der Waals surface area contributed by atoms with Crippen LogP contribution in [-0.2, 0) is 14.3 Å². The summed E-state index contributed by atoms with van der Waals surface area (Å²) in [7, 11) is 1.80. The molecule has 0 fully saturated rings. The van der Waals surface area contributed by atoms with Crippen LogP contribution in [0, 0.1) is 6.57 Å². The Balaban J connectivity index is 2.08. The minimum Gasteiger partial charge on any atom is -0.447 e. The molecule has 2 amide bonds. The van der Waals surface area contributed by atoms with Gasteiger partial charge in [-0.05, 0) is 36.8 Å². The summed E-state index contributed by atoms with van der Waals surface area (Å²) in [5.74, 6) is -0.490. The normalized spacial score (nSPS) is 20.5. The van der Waals surface area contributed by atoms with Crippen molar-refractivity contribution in [2.24, 2.45) is 0 Å². The number of carbonyl (C=O) groups is 2. The Hall–Kier alpha value is -3.66. The van der Waals surface area contributed by atoms with E-state index < -0.39 is 11.8 Å². The van der Waals surface area contributed by atoms with Crippen molar-refractivity contribution in [2.75, 3.05) is 11.9 Å². The molecule has 7 heteroatoms. The van der Waals surface area contributed by atoms with Gasteiger partial charge in [-0.25, -0.2) is 14.7 Å². The van der Waals surface area contributed by atoms with Gasteiger partial charge in [0.15, 0.2) is 5.88 Å². The molecule has 2 aliphatic heterocycles. The first-order valence-corrected chi connectivity index (χ1v) is 7.41. The lowest BCUT2D eigenvalue weighted by Crippen LogP contribution is -2.43. The van der Waals surface area contributed by atoms with Crippen molar-refractivity contribution in [1.29, 1.82) is 0 Å². The number of nitrogens with zero attached hydrogens (tertiary/aromatic N) is 4. The molecule has 0 aromatic carbocycles. The number of hydrogen-bond acceptors (Lipinski definition) is 5. The number of carbonyl (C=O) groups excluding carboxylic acids is 2. The molecule has 1 aromatic rings. The van der Waals surface area contributed by atoms with Gasteiger partial charge >= 0.3 is 0 Å².